The molecular weight excluding hydrogens is 422 g/mol. The molecule has 0 heterocycles. The Labute approximate surface area is 166 Å². The zero-order valence-corrected chi connectivity index (χ0v) is 20.4. The number of hydrogen-bond donors (Lipinski definition) is 2. The molecule has 0 fully saturated rings. The molecule has 2 N–H and O–H groups in total. The van der Waals surface area contributed by atoms with Crippen molar-refractivity contribution in [2.45, 2.75) is 40.5 Å². The fourth-order valence-electron chi connectivity index (χ4n) is 1.53. The van der Waals surface area contributed by atoms with Crippen molar-refractivity contribution >= 4 is 20.2 Å². The predicted octanol–water partition coefficient (Wildman–Crippen LogP) is 0.332. The summed E-state index contributed by atoms with van der Waals surface area (Å²) in [7, 11) is -8.03. The van der Waals surface area contributed by atoms with Crippen LogP contribution in [0.4, 0.5) is 0 Å². The topological polar surface area (TPSA) is 138 Å². The molecule has 0 amide bonds. The monoisotopic (exact) mass is 452 g/mol. The van der Waals surface area contributed by atoms with Crippen LogP contribution in [0.15, 0.2) is 0 Å². The van der Waals surface area contributed by atoms with Crippen molar-refractivity contribution < 1.29 is 45.4 Å². The Kier molecular flexibility index (Phi) is 19.9. The third-order valence-electron chi connectivity index (χ3n) is 2.60. The molecule has 0 unspecified atom stereocenters. The van der Waals surface area contributed by atoms with E-state index in [9.17, 15) is 25.9 Å². The maximum Gasteiger partial charge on any atom is 2.00 e. The summed E-state index contributed by atoms with van der Waals surface area (Å²) >= 11 is 0. The summed E-state index contributed by atoms with van der Waals surface area (Å²) in [5, 5.41) is 6.11. The predicted molar refractivity (Wildman–Crippen MR) is 93.8 cm³/mol. The Morgan fingerprint density at radius 3 is 1.20 bits per heavy atom. The average Bonchev–Trinajstić information content (AvgIpc) is 2.35. The van der Waals surface area contributed by atoms with Crippen molar-refractivity contribution in [3.05, 3.63) is 0 Å². The zero-order chi connectivity index (χ0) is 19.2. The summed E-state index contributed by atoms with van der Waals surface area (Å²) in [5.74, 6) is 0.568. The van der Waals surface area contributed by atoms with E-state index in [0.717, 1.165) is 13.1 Å². The van der Waals surface area contributed by atoms with Crippen LogP contribution >= 0.6 is 0 Å². The third-order valence-corrected chi connectivity index (χ3v) is 4.18. The molecule has 0 aliphatic rings. The Morgan fingerprint density at radius 2 is 1.00 bits per heavy atom. The van der Waals surface area contributed by atoms with Crippen LogP contribution < -0.4 is 10.6 Å². The Hall–Kier alpha value is 0.363. The van der Waals surface area contributed by atoms with Crippen molar-refractivity contribution in [1.29, 1.82) is 0 Å². The molecule has 11 heteroatoms. The standard InChI is InChI=1S/2C7H17NO3S.Zn/c2*1-7(2)6-8-4-3-5-12(9,10)11;/h2*7-8H,3-6H2,1-2H3,(H,9,10,11);/q;;+2/p-2. The molecule has 0 spiro atoms. The van der Waals surface area contributed by atoms with Gasteiger partial charge >= 0.3 is 19.5 Å². The van der Waals surface area contributed by atoms with E-state index in [0.29, 0.717) is 37.8 Å². The molecule has 8 nitrogen and oxygen atoms in total. The summed E-state index contributed by atoms with van der Waals surface area (Å²) in [4.78, 5) is 0. The van der Waals surface area contributed by atoms with Crippen LogP contribution in [0, 0.1) is 11.8 Å². The van der Waals surface area contributed by atoms with Crippen LogP contribution in [0.5, 0.6) is 0 Å². The van der Waals surface area contributed by atoms with Gasteiger partial charge in [-0.05, 0) is 50.9 Å². The largest absolute Gasteiger partial charge is 2.00 e. The van der Waals surface area contributed by atoms with Gasteiger partial charge in [0.15, 0.2) is 0 Å². The molecule has 0 saturated heterocycles. The molecular formula is C14H32N2O6S2Zn. The minimum absolute atomic E-state index is 0. The van der Waals surface area contributed by atoms with Gasteiger partial charge in [0.05, 0.1) is 20.2 Å². The van der Waals surface area contributed by atoms with Gasteiger partial charge in [0.1, 0.15) is 0 Å². The van der Waals surface area contributed by atoms with Crippen LogP contribution in [0.1, 0.15) is 40.5 Å². The fraction of sp³-hybridized carbons (Fsp3) is 1.00. The van der Waals surface area contributed by atoms with Gasteiger partial charge in [0, 0.05) is 11.5 Å². The third kappa shape index (κ3) is 36.1. The van der Waals surface area contributed by atoms with Gasteiger partial charge in [-0.2, -0.15) is 0 Å². The van der Waals surface area contributed by atoms with E-state index in [1.807, 2.05) is 0 Å². The summed E-state index contributed by atoms with van der Waals surface area (Å²) < 4.78 is 60.9. The molecule has 0 aliphatic carbocycles. The SMILES string of the molecule is CC(C)CNCCCS(=O)(=O)[O-].CC(C)CNCCCS(=O)(=O)[O-].[Zn+2]. The molecule has 0 atom stereocenters. The molecule has 0 aliphatic heterocycles. The number of hydrogen-bond acceptors (Lipinski definition) is 8. The molecule has 0 bridgehead atoms. The van der Waals surface area contributed by atoms with Crippen molar-refractivity contribution in [2.24, 2.45) is 11.8 Å². The molecule has 0 rings (SSSR count). The van der Waals surface area contributed by atoms with Crippen molar-refractivity contribution in [2.75, 3.05) is 37.7 Å². The average molecular weight is 454 g/mol. The maximum atomic E-state index is 10.1. The smallest absolute Gasteiger partial charge is 0.748 e. The Bertz CT molecular complexity index is 449. The summed E-state index contributed by atoms with van der Waals surface area (Å²) in [5.41, 5.74) is 0. The Balaban J connectivity index is -0.000000372. The van der Waals surface area contributed by atoms with Gasteiger partial charge in [0.25, 0.3) is 0 Å². The fourth-order valence-corrected chi connectivity index (χ4v) is 2.53. The van der Waals surface area contributed by atoms with Gasteiger partial charge < -0.3 is 19.7 Å². The van der Waals surface area contributed by atoms with Crippen molar-refractivity contribution in [3.63, 3.8) is 0 Å². The second-order valence-corrected chi connectivity index (χ2v) is 9.47. The van der Waals surface area contributed by atoms with Gasteiger partial charge in [-0.3, -0.25) is 0 Å². The van der Waals surface area contributed by atoms with Crippen LogP contribution in [0.25, 0.3) is 0 Å². The van der Waals surface area contributed by atoms with Gasteiger partial charge in [0.2, 0.25) is 0 Å². The Morgan fingerprint density at radius 1 is 0.720 bits per heavy atom. The molecule has 0 radical (unpaired) electrons. The molecule has 148 valence electrons. The van der Waals surface area contributed by atoms with Gasteiger partial charge in [-0.15, -0.1) is 0 Å². The van der Waals surface area contributed by atoms with Gasteiger partial charge in [-0.25, -0.2) is 16.8 Å². The number of rotatable bonds is 12. The zero-order valence-electron chi connectivity index (χ0n) is 15.8. The molecule has 0 aromatic rings. The van der Waals surface area contributed by atoms with Crippen LogP contribution in [0.3, 0.4) is 0 Å². The first-order valence-electron chi connectivity index (χ1n) is 8.12. The van der Waals surface area contributed by atoms with E-state index >= 15 is 0 Å². The quantitative estimate of drug-likeness (QED) is 0.245. The van der Waals surface area contributed by atoms with E-state index in [1.165, 1.54) is 0 Å². The normalized spacial score (nSPS) is 11.8. The summed E-state index contributed by atoms with van der Waals surface area (Å²) in [6.45, 7) is 11.2. The minimum atomic E-state index is -4.01. The molecule has 0 aromatic carbocycles. The first kappa shape index (κ1) is 30.1. The van der Waals surface area contributed by atoms with Crippen molar-refractivity contribution in [1.82, 2.24) is 10.6 Å². The second kappa shape index (κ2) is 16.5. The van der Waals surface area contributed by atoms with Gasteiger partial charge in [-0.1, -0.05) is 27.7 Å². The summed E-state index contributed by atoms with van der Waals surface area (Å²) in [6, 6.07) is 0. The molecule has 0 saturated carbocycles. The van der Waals surface area contributed by atoms with E-state index in [1.54, 1.807) is 0 Å². The van der Waals surface area contributed by atoms with E-state index in [4.69, 9.17) is 0 Å². The van der Waals surface area contributed by atoms with E-state index < -0.39 is 20.2 Å². The second-order valence-electron chi connectivity index (χ2n) is 6.43. The molecule has 0 aromatic heterocycles. The first-order valence-corrected chi connectivity index (χ1v) is 11.3. The number of nitrogens with one attached hydrogen (secondary N) is 2. The van der Waals surface area contributed by atoms with Crippen molar-refractivity contribution in [3.8, 4) is 0 Å². The van der Waals surface area contributed by atoms with E-state index in [-0.39, 0.29) is 31.0 Å². The van der Waals surface area contributed by atoms with Crippen LogP contribution in [-0.4, -0.2) is 63.6 Å². The summed E-state index contributed by atoms with van der Waals surface area (Å²) in [6.07, 6.45) is 0.803. The van der Waals surface area contributed by atoms with Crippen LogP contribution in [-0.2, 0) is 39.7 Å². The molecule has 25 heavy (non-hydrogen) atoms. The maximum absolute atomic E-state index is 10.1. The first-order chi connectivity index (χ1) is 10.8. The minimum Gasteiger partial charge on any atom is -0.748 e. The van der Waals surface area contributed by atoms with Crippen LogP contribution in [0.2, 0.25) is 0 Å². The van der Waals surface area contributed by atoms with E-state index in [2.05, 4.69) is 38.3 Å².